The lowest BCUT2D eigenvalue weighted by molar-refractivity contribution is -0.118. The number of fused-ring (bicyclic) bond motifs is 1. The first-order chi connectivity index (χ1) is 17.1. The van der Waals surface area contributed by atoms with Crippen LogP contribution in [0.5, 0.6) is 11.5 Å². The summed E-state index contributed by atoms with van der Waals surface area (Å²) in [5, 5.41) is 3.37. The van der Waals surface area contributed by atoms with Gasteiger partial charge in [-0.2, -0.15) is 0 Å². The molecule has 0 spiro atoms. The normalized spacial score (nSPS) is 15.5. The Morgan fingerprint density at radius 3 is 2.63 bits per heavy atom. The van der Waals surface area contributed by atoms with Crippen molar-refractivity contribution in [2.45, 2.75) is 13.5 Å². The van der Waals surface area contributed by atoms with Gasteiger partial charge in [0.15, 0.2) is 16.7 Å². The number of nitrogens with one attached hydrogen (secondary N) is 1. The van der Waals surface area contributed by atoms with Crippen molar-refractivity contribution in [3.05, 3.63) is 95.2 Å². The molecule has 176 valence electrons. The summed E-state index contributed by atoms with van der Waals surface area (Å²) in [7, 11) is 0. The first-order valence-corrected chi connectivity index (χ1v) is 12.1. The van der Waals surface area contributed by atoms with E-state index in [2.05, 4.69) is 10.3 Å². The van der Waals surface area contributed by atoms with Gasteiger partial charge in [0.05, 0.1) is 11.4 Å². The van der Waals surface area contributed by atoms with Crippen LogP contribution in [0.4, 0.5) is 5.69 Å². The Morgan fingerprint density at radius 2 is 1.83 bits per heavy atom. The molecule has 3 aromatic rings. The van der Waals surface area contributed by atoms with Crippen LogP contribution in [0.25, 0.3) is 6.08 Å². The van der Waals surface area contributed by atoms with Gasteiger partial charge in [-0.1, -0.05) is 65.9 Å². The second-order valence-corrected chi connectivity index (χ2v) is 9.01. The molecule has 2 heterocycles. The number of carbonyl (C=O) groups is 2. The van der Waals surface area contributed by atoms with Gasteiger partial charge in [0.25, 0.3) is 5.91 Å². The number of aryl methyl sites for hydroxylation is 1. The van der Waals surface area contributed by atoms with Crippen molar-refractivity contribution < 1.29 is 19.1 Å². The maximum absolute atomic E-state index is 13.4. The summed E-state index contributed by atoms with van der Waals surface area (Å²) in [6.07, 6.45) is 1.72. The summed E-state index contributed by atoms with van der Waals surface area (Å²) in [5.41, 5.74) is 3.87. The van der Waals surface area contributed by atoms with Crippen LogP contribution in [0.15, 0.2) is 83.5 Å². The minimum absolute atomic E-state index is 0.133. The number of carbonyl (C=O) groups excluding carboxylic acids is 2. The third-order valence-corrected chi connectivity index (χ3v) is 6.43. The monoisotopic (exact) mass is 485 g/mol. The molecule has 2 aliphatic heterocycles. The number of anilines is 1. The summed E-state index contributed by atoms with van der Waals surface area (Å²) < 4.78 is 10.8. The predicted octanol–water partition coefficient (Wildman–Crippen LogP) is 4.52. The van der Waals surface area contributed by atoms with E-state index in [1.165, 1.54) is 11.8 Å². The summed E-state index contributed by atoms with van der Waals surface area (Å²) in [6.45, 7) is 2.62. The fourth-order valence-corrected chi connectivity index (χ4v) is 4.50. The number of hydrogen-bond donors (Lipinski definition) is 1. The molecule has 0 saturated heterocycles. The molecule has 2 aliphatic rings. The molecule has 5 rings (SSSR count). The van der Waals surface area contributed by atoms with Gasteiger partial charge in [0.2, 0.25) is 12.7 Å². The Morgan fingerprint density at radius 1 is 1.06 bits per heavy atom. The number of benzene rings is 3. The van der Waals surface area contributed by atoms with Crippen molar-refractivity contribution in [3.63, 3.8) is 0 Å². The van der Waals surface area contributed by atoms with Crippen LogP contribution < -0.4 is 19.7 Å². The Kier molecular flexibility index (Phi) is 6.54. The zero-order valence-electron chi connectivity index (χ0n) is 19.1. The lowest BCUT2D eigenvalue weighted by atomic mass is 10.1. The van der Waals surface area contributed by atoms with Gasteiger partial charge in [-0.25, -0.2) is 4.99 Å². The molecule has 0 radical (unpaired) electrons. The van der Waals surface area contributed by atoms with Gasteiger partial charge in [-0.3, -0.25) is 14.5 Å². The molecule has 0 fully saturated rings. The van der Waals surface area contributed by atoms with E-state index in [0.29, 0.717) is 28.9 Å². The number of hydrogen-bond acceptors (Lipinski definition) is 6. The highest BCUT2D eigenvalue weighted by atomic mass is 32.2. The van der Waals surface area contributed by atoms with E-state index in [-0.39, 0.29) is 30.1 Å². The van der Waals surface area contributed by atoms with Crippen LogP contribution in [-0.2, 0) is 16.1 Å². The van der Waals surface area contributed by atoms with E-state index >= 15 is 0 Å². The van der Waals surface area contributed by atoms with Crippen LogP contribution in [-0.4, -0.2) is 29.5 Å². The quantitative estimate of drug-likeness (QED) is 0.520. The number of rotatable bonds is 6. The molecule has 0 saturated carbocycles. The van der Waals surface area contributed by atoms with E-state index in [4.69, 9.17) is 9.47 Å². The number of ether oxygens (including phenoxy) is 2. The Bertz CT molecular complexity index is 1320. The Labute approximate surface area is 207 Å². The van der Waals surface area contributed by atoms with Crippen molar-refractivity contribution in [1.82, 2.24) is 5.32 Å². The maximum Gasteiger partial charge on any atom is 0.283 e. The average Bonchev–Trinajstić information content (AvgIpc) is 3.46. The van der Waals surface area contributed by atoms with Crippen molar-refractivity contribution in [1.29, 1.82) is 0 Å². The number of nitrogens with zero attached hydrogens (tertiary/aromatic N) is 2. The van der Waals surface area contributed by atoms with Crippen LogP contribution >= 0.6 is 11.8 Å². The molecule has 3 aromatic carbocycles. The van der Waals surface area contributed by atoms with Gasteiger partial charge < -0.3 is 14.8 Å². The molecule has 2 amide bonds. The van der Waals surface area contributed by atoms with Gasteiger partial charge in [0.1, 0.15) is 5.70 Å². The van der Waals surface area contributed by atoms with Gasteiger partial charge in [0, 0.05) is 6.54 Å². The second-order valence-electron chi connectivity index (χ2n) is 8.06. The van der Waals surface area contributed by atoms with Crippen molar-refractivity contribution in [2.75, 3.05) is 17.4 Å². The van der Waals surface area contributed by atoms with Gasteiger partial charge in [-0.05, 0) is 48.4 Å². The maximum atomic E-state index is 13.4. The third kappa shape index (κ3) is 5.22. The molecule has 0 aliphatic carbocycles. The molecule has 0 aromatic heterocycles. The molecule has 8 heteroatoms. The highest BCUT2D eigenvalue weighted by Crippen LogP contribution is 2.34. The minimum Gasteiger partial charge on any atom is -0.454 e. The first-order valence-electron chi connectivity index (χ1n) is 11.1. The lowest BCUT2D eigenvalue weighted by Gasteiger charge is -2.18. The van der Waals surface area contributed by atoms with E-state index in [1.54, 1.807) is 11.0 Å². The summed E-state index contributed by atoms with van der Waals surface area (Å²) in [5.74, 6) is 1.06. The van der Waals surface area contributed by atoms with E-state index in [1.807, 2.05) is 79.7 Å². The summed E-state index contributed by atoms with van der Waals surface area (Å²) in [6, 6.07) is 22.8. The molecule has 0 bridgehead atoms. The number of aliphatic imine (C=N–C) groups is 1. The van der Waals surface area contributed by atoms with Crippen molar-refractivity contribution >= 4 is 40.5 Å². The largest absolute Gasteiger partial charge is 0.454 e. The third-order valence-electron chi connectivity index (χ3n) is 5.49. The van der Waals surface area contributed by atoms with Crippen molar-refractivity contribution in [2.24, 2.45) is 4.99 Å². The molecule has 0 atom stereocenters. The summed E-state index contributed by atoms with van der Waals surface area (Å²) in [4.78, 5) is 32.0. The fraction of sp³-hybridized carbons (Fsp3) is 0.148. The molecular formula is C27H23N3O4S. The zero-order valence-corrected chi connectivity index (χ0v) is 19.9. The Balaban J connectivity index is 1.35. The number of amidine groups is 1. The topological polar surface area (TPSA) is 80.2 Å². The molecule has 35 heavy (non-hydrogen) atoms. The van der Waals surface area contributed by atoms with Gasteiger partial charge in [-0.15, -0.1) is 0 Å². The van der Waals surface area contributed by atoms with E-state index in [9.17, 15) is 9.59 Å². The van der Waals surface area contributed by atoms with Crippen LogP contribution in [0.2, 0.25) is 0 Å². The number of amides is 2. The molecular weight excluding hydrogens is 462 g/mol. The number of thioether (sulfide) groups is 1. The Hall–Kier alpha value is -4.04. The second kappa shape index (κ2) is 10.1. The van der Waals surface area contributed by atoms with E-state index < -0.39 is 0 Å². The van der Waals surface area contributed by atoms with Crippen LogP contribution in [0.3, 0.4) is 0 Å². The minimum atomic E-state index is -0.251. The standard InChI is InChI=1S/C27H23N3O4S/c1-18-7-10-21(11-8-18)30-26(32)22(13-20-9-12-23-24(14-20)34-17-33-23)29-27(30)35-16-25(31)28-15-19-5-3-2-4-6-19/h2-14H,15-17H2,1H3,(H,28,31)/b22-13+. The highest BCUT2D eigenvalue weighted by molar-refractivity contribution is 8.14. The SMILES string of the molecule is Cc1ccc(N2C(=O)/C(=C\c3ccc4c(c3)OCO4)N=C2SCC(=O)NCc2ccccc2)cc1. The first kappa shape index (κ1) is 22.7. The molecule has 1 N–H and O–H groups in total. The zero-order chi connectivity index (χ0) is 24.2. The predicted molar refractivity (Wildman–Crippen MR) is 137 cm³/mol. The summed E-state index contributed by atoms with van der Waals surface area (Å²) >= 11 is 1.23. The van der Waals surface area contributed by atoms with Crippen LogP contribution in [0, 0.1) is 6.92 Å². The molecule has 7 nitrogen and oxygen atoms in total. The average molecular weight is 486 g/mol. The van der Waals surface area contributed by atoms with Crippen molar-refractivity contribution in [3.8, 4) is 11.5 Å². The van der Waals surface area contributed by atoms with E-state index in [0.717, 1.165) is 16.7 Å². The highest BCUT2D eigenvalue weighted by Gasteiger charge is 2.32. The van der Waals surface area contributed by atoms with Crippen LogP contribution in [0.1, 0.15) is 16.7 Å². The fourth-order valence-electron chi connectivity index (χ4n) is 3.65. The smallest absolute Gasteiger partial charge is 0.283 e. The lowest BCUT2D eigenvalue weighted by Crippen LogP contribution is -2.32. The molecule has 0 unspecified atom stereocenters. The van der Waals surface area contributed by atoms with Gasteiger partial charge >= 0.3 is 0 Å².